The molecule has 0 amide bonds. The maximum Gasteiger partial charge on any atom is 0.284 e. The average molecular weight is 417 g/mol. The van der Waals surface area contributed by atoms with Crippen molar-refractivity contribution >= 4 is 37.3 Å². The molecule has 128 valence electrons. The number of nitro benzene ring substituents is 1. The number of nitro groups is 1. The van der Waals surface area contributed by atoms with Gasteiger partial charge in [0.15, 0.2) is 11.5 Å². The minimum absolute atomic E-state index is 0.192. The van der Waals surface area contributed by atoms with Crippen LogP contribution in [0.2, 0.25) is 0 Å². The molecule has 24 heavy (non-hydrogen) atoms. The van der Waals surface area contributed by atoms with Crippen molar-refractivity contribution in [3.8, 4) is 11.5 Å². The number of hydrogen-bond donors (Lipinski definition) is 1. The standard InChI is InChI=1S/C14H13BrN2O6S/c1-22-13-6-3-9(7-14(13)23-2)16-24(20,21)10-4-5-11(15)12(8-10)17(18)19/h3-8,16H,1-2H3. The van der Waals surface area contributed by atoms with E-state index in [-0.39, 0.29) is 20.7 Å². The quantitative estimate of drug-likeness (QED) is 0.572. The first-order valence-electron chi connectivity index (χ1n) is 6.47. The van der Waals surface area contributed by atoms with Crippen LogP contribution in [0.5, 0.6) is 11.5 Å². The number of ether oxygens (including phenoxy) is 2. The monoisotopic (exact) mass is 416 g/mol. The molecule has 0 aromatic heterocycles. The number of sulfonamides is 1. The Balaban J connectivity index is 2.39. The SMILES string of the molecule is COc1ccc(NS(=O)(=O)c2ccc(Br)c([N+](=O)[O-])c2)cc1OC. The van der Waals surface area contributed by atoms with Crippen molar-refractivity contribution in [2.45, 2.75) is 4.90 Å². The number of halogens is 1. The summed E-state index contributed by atoms with van der Waals surface area (Å²) in [6, 6.07) is 8.03. The van der Waals surface area contributed by atoms with Crippen LogP contribution in [-0.2, 0) is 10.0 Å². The van der Waals surface area contributed by atoms with Crippen molar-refractivity contribution < 1.29 is 22.8 Å². The van der Waals surface area contributed by atoms with E-state index in [1.165, 1.54) is 38.5 Å². The Morgan fingerprint density at radius 1 is 1.08 bits per heavy atom. The molecule has 10 heteroatoms. The van der Waals surface area contributed by atoms with Crippen molar-refractivity contribution in [2.24, 2.45) is 0 Å². The smallest absolute Gasteiger partial charge is 0.284 e. The third kappa shape index (κ3) is 3.77. The molecule has 2 aromatic rings. The summed E-state index contributed by atoms with van der Waals surface area (Å²) in [6.07, 6.45) is 0. The van der Waals surface area contributed by atoms with Crippen molar-refractivity contribution in [1.82, 2.24) is 0 Å². The Hall–Kier alpha value is -2.33. The molecule has 0 atom stereocenters. The van der Waals surface area contributed by atoms with Gasteiger partial charge in [-0.25, -0.2) is 8.42 Å². The largest absolute Gasteiger partial charge is 0.493 e. The lowest BCUT2D eigenvalue weighted by atomic mass is 10.3. The molecule has 1 N–H and O–H groups in total. The third-order valence-electron chi connectivity index (χ3n) is 3.06. The van der Waals surface area contributed by atoms with E-state index in [1.54, 1.807) is 6.07 Å². The van der Waals surface area contributed by atoms with Gasteiger partial charge in [0.25, 0.3) is 15.7 Å². The lowest BCUT2D eigenvalue weighted by Crippen LogP contribution is -2.13. The first-order chi connectivity index (χ1) is 11.3. The zero-order valence-electron chi connectivity index (χ0n) is 12.6. The maximum absolute atomic E-state index is 12.4. The first kappa shape index (κ1) is 18.0. The van der Waals surface area contributed by atoms with Gasteiger partial charge in [0.05, 0.1) is 34.2 Å². The van der Waals surface area contributed by atoms with Crippen LogP contribution in [0.15, 0.2) is 45.8 Å². The molecule has 0 unspecified atom stereocenters. The average Bonchev–Trinajstić information content (AvgIpc) is 2.54. The van der Waals surface area contributed by atoms with Gasteiger partial charge in [0, 0.05) is 12.1 Å². The maximum atomic E-state index is 12.4. The van der Waals surface area contributed by atoms with Crippen LogP contribution in [0.25, 0.3) is 0 Å². The minimum Gasteiger partial charge on any atom is -0.493 e. The normalized spacial score (nSPS) is 11.0. The highest BCUT2D eigenvalue weighted by Gasteiger charge is 2.21. The molecule has 0 saturated heterocycles. The molecule has 0 saturated carbocycles. The highest BCUT2D eigenvalue weighted by Crippen LogP contribution is 2.32. The second kappa shape index (κ2) is 7.05. The fraction of sp³-hybridized carbons (Fsp3) is 0.143. The van der Waals surface area contributed by atoms with Crippen LogP contribution in [0, 0.1) is 10.1 Å². The zero-order chi connectivity index (χ0) is 17.9. The molecule has 2 aromatic carbocycles. The second-order valence-corrected chi connectivity index (χ2v) is 7.08. The molecule has 0 aliphatic heterocycles. The fourth-order valence-electron chi connectivity index (χ4n) is 1.91. The highest BCUT2D eigenvalue weighted by molar-refractivity contribution is 9.10. The Kier molecular flexibility index (Phi) is 5.30. The zero-order valence-corrected chi connectivity index (χ0v) is 15.0. The van der Waals surface area contributed by atoms with Gasteiger partial charge in [-0.1, -0.05) is 0 Å². The number of hydrogen-bond acceptors (Lipinski definition) is 6. The summed E-state index contributed by atoms with van der Waals surface area (Å²) >= 11 is 3.01. The summed E-state index contributed by atoms with van der Waals surface area (Å²) in [7, 11) is -1.12. The van der Waals surface area contributed by atoms with Gasteiger partial charge in [-0.3, -0.25) is 14.8 Å². The molecular weight excluding hydrogens is 404 g/mol. The van der Waals surface area contributed by atoms with E-state index in [0.29, 0.717) is 11.5 Å². The Labute approximate surface area is 146 Å². The summed E-state index contributed by atoms with van der Waals surface area (Å²) in [5.41, 5.74) is -0.108. The van der Waals surface area contributed by atoms with Crippen LogP contribution in [-0.4, -0.2) is 27.6 Å². The van der Waals surface area contributed by atoms with Gasteiger partial charge in [-0.15, -0.1) is 0 Å². The summed E-state index contributed by atoms with van der Waals surface area (Å²) < 4.78 is 37.6. The summed E-state index contributed by atoms with van der Waals surface area (Å²) in [4.78, 5) is 10.0. The summed E-state index contributed by atoms with van der Waals surface area (Å²) in [5, 5.41) is 10.9. The van der Waals surface area contributed by atoms with E-state index in [9.17, 15) is 18.5 Å². The van der Waals surface area contributed by atoms with Crippen LogP contribution in [0.4, 0.5) is 11.4 Å². The van der Waals surface area contributed by atoms with E-state index in [2.05, 4.69) is 20.7 Å². The van der Waals surface area contributed by atoms with E-state index in [0.717, 1.165) is 6.07 Å². The topological polar surface area (TPSA) is 108 Å². The second-order valence-electron chi connectivity index (χ2n) is 4.55. The first-order valence-corrected chi connectivity index (χ1v) is 8.75. The lowest BCUT2D eigenvalue weighted by molar-refractivity contribution is -0.385. The molecule has 0 aliphatic rings. The van der Waals surface area contributed by atoms with E-state index >= 15 is 0 Å². The van der Waals surface area contributed by atoms with Gasteiger partial charge in [-0.2, -0.15) is 0 Å². The Morgan fingerprint density at radius 3 is 2.33 bits per heavy atom. The molecule has 0 aliphatic carbocycles. The van der Waals surface area contributed by atoms with Crippen molar-refractivity contribution in [3.63, 3.8) is 0 Å². The number of benzene rings is 2. The van der Waals surface area contributed by atoms with E-state index in [1.807, 2.05) is 0 Å². The molecule has 0 radical (unpaired) electrons. The highest BCUT2D eigenvalue weighted by atomic mass is 79.9. The van der Waals surface area contributed by atoms with Gasteiger partial charge < -0.3 is 9.47 Å². The molecule has 0 fully saturated rings. The Morgan fingerprint density at radius 2 is 1.75 bits per heavy atom. The fourth-order valence-corrected chi connectivity index (χ4v) is 3.37. The number of nitrogens with zero attached hydrogens (tertiary/aromatic N) is 1. The minimum atomic E-state index is -4.00. The van der Waals surface area contributed by atoms with Gasteiger partial charge in [-0.05, 0) is 40.2 Å². The molecular formula is C14H13BrN2O6S. The molecule has 0 heterocycles. The number of methoxy groups -OCH3 is 2. The van der Waals surface area contributed by atoms with Gasteiger partial charge in [0.1, 0.15) is 0 Å². The van der Waals surface area contributed by atoms with Crippen molar-refractivity contribution in [1.29, 1.82) is 0 Å². The predicted octanol–water partition coefficient (Wildman–Crippen LogP) is 3.18. The molecule has 2 rings (SSSR count). The lowest BCUT2D eigenvalue weighted by Gasteiger charge is -2.12. The summed E-state index contributed by atoms with van der Waals surface area (Å²) in [5.74, 6) is 0.791. The molecule has 8 nitrogen and oxygen atoms in total. The van der Waals surface area contributed by atoms with E-state index < -0.39 is 14.9 Å². The summed E-state index contributed by atoms with van der Waals surface area (Å²) in [6.45, 7) is 0. The van der Waals surface area contributed by atoms with Gasteiger partial charge >= 0.3 is 0 Å². The number of anilines is 1. The number of nitrogens with one attached hydrogen (secondary N) is 1. The van der Waals surface area contributed by atoms with Crippen LogP contribution >= 0.6 is 15.9 Å². The van der Waals surface area contributed by atoms with Crippen molar-refractivity contribution in [2.75, 3.05) is 18.9 Å². The van der Waals surface area contributed by atoms with Gasteiger partial charge in [0.2, 0.25) is 0 Å². The molecule has 0 spiro atoms. The van der Waals surface area contributed by atoms with Crippen LogP contribution in [0.1, 0.15) is 0 Å². The Bertz CT molecular complexity index is 885. The van der Waals surface area contributed by atoms with E-state index in [4.69, 9.17) is 9.47 Å². The molecule has 0 bridgehead atoms. The predicted molar refractivity (Wildman–Crippen MR) is 91.2 cm³/mol. The number of rotatable bonds is 6. The third-order valence-corrected chi connectivity index (χ3v) is 5.11. The van der Waals surface area contributed by atoms with Crippen molar-refractivity contribution in [3.05, 3.63) is 51.0 Å². The van der Waals surface area contributed by atoms with Crippen LogP contribution < -0.4 is 14.2 Å². The van der Waals surface area contributed by atoms with Crippen LogP contribution in [0.3, 0.4) is 0 Å².